The van der Waals surface area contributed by atoms with Crippen LogP contribution in [0.15, 0.2) is 18.2 Å². The Morgan fingerprint density at radius 3 is 2.57 bits per heavy atom. The maximum absolute atomic E-state index is 12.7. The quantitative estimate of drug-likeness (QED) is 0.897. The van der Waals surface area contributed by atoms with Crippen LogP contribution in [0.4, 0.5) is 11.4 Å². The summed E-state index contributed by atoms with van der Waals surface area (Å²) in [4.78, 5) is 14.8. The van der Waals surface area contributed by atoms with Crippen LogP contribution < -0.4 is 10.6 Å². The lowest BCUT2D eigenvalue weighted by atomic mass is 9.82. The van der Waals surface area contributed by atoms with Gasteiger partial charge in [0.2, 0.25) is 0 Å². The minimum Gasteiger partial charge on any atom is -0.382 e. The number of hydrogen-bond acceptors (Lipinski definition) is 3. The zero-order valence-corrected chi connectivity index (χ0v) is 13.0. The molecule has 4 heteroatoms. The molecule has 2 aliphatic rings. The monoisotopic (exact) mass is 287 g/mol. The fourth-order valence-corrected chi connectivity index (χ4v) is 3.49. The molecule has 4 nitrogen and oxygen atoms in total. The average molecular weight is 287 g/mol. The minimum atomic E-state index is 0.175. The molecule has 0 spiro atoms. The van der Waals surface area contributed by atoms with Crippen molar-refractivity contribution in [2.24, 2.45) is 5.41 Å². The van der Waals surface area contributed by atoms with Crippen LogP contribution in [0.5, 0.6) is 0 Å². The Kier molecular flexibility index (Phi) is 3.79. The molecule has 1 amide bonds. The van der Waals surface area contributed by atoms with Crippen LogP contribution in [0.2, 0.25) is 0 Å². The van der Waals surface area contributed by atoms with E-state index in [2.05, 4.69) is 24.5 Å². The molecule has 1 fully saturated rings. The minimum absolute atomic E-state index is 0.175. The molecule has 0 radical (unpaired) electrons. The molecule has 21 heavy (non-hydrogen) atoms. The molecular weight excluding hydrogens is 262 g/mol. The molecule has 114 valence electrons. The highest BCUT2D eigenvalue weighted by Crippen LogP contribution is 2.37. The fourth-order valence-electron chi connectivity index (χ4n) is 3.49. The normalized spacial score (nSPS) is 19.6. The first-order chi connectivity index (χ1) is 10.2. The fraction of sp³-hybridized carbons (Fsp3) is 0.588. The van der Waals surface area contributed by atoms with Crippen LogP contribution >= 0.6 is 0 Å². The first-order valence-electron chi connectivity index (χ1n) is 8.08. The van der Waals surface area contributed by atoms with Gasteiger partial charge in [0.15, 0.2) is 0 Å². The van der Waals surface area contributed by atoms with Crippen LogP contribution in [-0.2, 0) is 0 Å². The van der Waals surface area contributed by atoms with Crippen LogP contribution in [-0.4, -0.2) is 37.0 Å². The SMILES string of the molecule is CCC1(CC)CCN(C(=O)c2ccc3c(c2)NCCN3)C1. The molecule has 0 bridgehead atoms. The number of nitrogens with zero attached hydrogens (tertiary/aromatic N) is 1. The number of amides is 1. The molecule has 1 aromatic carbocycles. The smallest absolute Gasteiger partial charge is 0.253 e. The first-order valence-corrected chi connectivity index (χ1v) is 8.08. The summed E-state index contributed by atoms with van der Waals surface area (Å²) < 4.78 is 0. The van der Waals surface area contributed by atoms with E-state index in [9.17, 15) is 4.79 Å². The van der Waals surface area contributed by atoms with Gasteiger partial charge in [0, 0.05) is 31.7 Å². The van der Waals surface area contributed by atoms with E-state index in [0.717, 1.165) is 62.4 Å². The molecule has 0 atom stereocenters. The van der Waals surface area contributed by atoms with E-state index in [1.807, 2.05) is 23.1 Å². The second-order valence-electron chi connectivity index (χ2n) is 6.30. The highest BCUT2D eigenvalue weighted by atomic mass is 16.2. The van der Waals surface area contributed by atoms with Gasteiger partial charge in [-0.2, -0.15) is 0 Å². The third-order valence-corrected chi connectivity index (χ3v) is 5.25. The molecule has 1 aromatic rings. The molecule has 2 aliphatic heterocycles. The zero-order chi connectivity index (χ0) is 14.9. The largest absolute Gasteiger partial charge is 0.382 e. The Labute approximate surface area is 126 Å². The number of fused-ring (bicyclic) bond motifs is 1. The maximum Gasteiger partial charge on any atom is 0.253 e. The van der Waals surface area contributed by atoms with Crippen LogP contribution in [0.25, 0.3) is 0 Å². The van der Waals surface area contributed by atoms with E-state index in [-0.39, 0.29) is 5.91 Å². The predicted octanol–water partition coefficient (Wildman–Crippen LogP) is 3.18. The molecule has 3 rings (SSSR count). The summed E-state index contributed by atoms with van der Waals surface area (Å²) in [6, 6.07) is 5.94. The summed E-state index contributed by atoms with van der Waals surface area (Å²) in [6.45, 7) is 8.12. The van der Waals surface area contributed by atoms with Gasteiger partial charge in [-0.05, 0) is 42.9 Å². The number of benzene rings is 1. The Bertz CT molecular complexity index is 537. The summed E-state index contributed by atoms with van der Waals surface area (Å²) in [5.41, 5.74) is 3.27. The standard InChI is InChI=1S/C17H25N3O/c1-3-17(4-2)7-10-20(12-17)16(21)13-5-6-14-15(11-13)19-9-8-18-14/h5-6,11,18-19H,3-4,7-10,12H2,1-2H3. The predicted molar refractivity (Wildman–Crippen MR) is 87.0 cm³/mol. The van der Waals surface area contributed by atoms with E-state index in [0.29, 0.717) is 5.41 Å². The Morgan fingerprint density at radius 2 is 1.90 bits per heavy atom. The third-order valence-electron chi connectivity index (χ3n) is 5.25. The second-order valence-corrected chi connectivity index (χ2v) is 6.30. The van der Waals surface area contributed by atoms with Gasteiger partial charge < -0.3 is 15.5 Å². The van der Waals surface area contributed by atoms with E-state index < -0.39 is 0 Å². The van der Waals surface area contributed by atoms with Crippen molar-refractivity contribution in [3.8, 4) is 0 Å². The van der Waals surface area contributed by atoms with Crippen molar-refractivity contribution in [2.45, 2.75) is 33.1 Å². The Hall–Kier alpha value is -1.71. The van der Waals surface area contributed by atoms with Crippen molar-refractivity contribution in [3.05, 3.63) is 23.8 Å². The summed E-state index contributed by atoms with van der Waals surface area (Å²) in [5.74, 6) is 0.175. The number of anilines is 2. The highest BCUT2D eigenvalue weighted by Gasteiger charge is 2.37. The molecule has 0 unspecified atom stereocenters. The highest BCUT2D eigenvalue weighted by molar-refractivity contribution is 5.96. The molecular formula is C17H25N3O. The lowest BCUT2D eigenvalue weighted by molar-refractivity contribution is 0.0770. The average Bonchev–Trinajstić information content (AvgIpc) is 2.99. The Balaban J connectivity index is 1.77. The van der Waals surface area contributed by atoms with Crippen molar-refractivity contribution in [3.63, 3.8) is 0 Å². The molecule has 0 aliphatic carbocycles. The van der Waals surface area contributed by atoms with Gasteiger partial charge in [-0.1, -0.05) is 13.8 Å². The molecule has 2 heterocycles. The van der Waals surface area contributed by atoms with Gasteiger partial charge >= 0.3 is 0 Å². The lowest BCUT2D eigenvalue weighted by Gasteiger charge is -2.26. The van der Waals surface area contributed by atoms with Gasteiger partial charge in [0.05, 0.1) is 11.4 Å². The van der Waals surface area contributed by atoms with Gasteiger partial charge in [0.1, 0.15) is 0 Å². The first kappa shape index (κ1) is 14.2. The van der Waals surface area contributed by atoms with Gasteiger partial charge in [-0.25, -0.2) is 0 Å². The summed E-state index contributed by atoms with van der Waals surface area (Å²) in [5, 5.41) is 6.70. The number of carbonyl (C=O) groups excluding carboxylic acids is 1. The van der Waals surface area contributed by atoms with Crippen LogP contribution in [0, 0.1) is 5.41 Å². The topological polar surface area (TPSA) is 44.4 Å². The van der Waals surface area contributed by atoms with E-state index in [1.54, 1.807) is 0 Å². The third kappa shape index (κ3) is 2.59. The van der Waals surface area contributed by atoms with E-state index >= 15 is 0 Å². The molecule has 0 aromatic heterocycles. The molecule has 1 saturated heterocycles. The number of nitrogens with one attached hydrogen (secondary N) is 2. The Morgan fingerprint density at radius 1 is 1.19 bits per heavy atom. The summed E-state index contributed by atoms with van der Waals surface area (Å²) in [6.07, 6.45) is 3.45. The zero-order valence-electron chi connectivity index (χ0n) is 13.0. The van der Waals surface area contributed by atoms with Crippen LogP contribution in [0.1, 0.15) is 43.5 Å². The van der Waals surface area contributed by atoms with Gasteiger partial charge in [-0.15, -0.1) is 0 Å². The van der Waals surface area contributed by atoms with Gasteiger partial charge in [0.25, 0.3) is 5.91 Å². The van der Waals surface area contributed by atoms with Crippen molar-refractivity contribution in [2.75, 3.05) is 36.8 Å². The van der Waals surface area contributed by atoms with E-state index in [4.69, 9.17) is 0 Å². The van der Waals surface area contributed by atoms with Gasteiger partial charge in [-0.3, -0.25) is 4.79 Å². The second kappa shape index (κ2) is 5.58. The lowest BCUT2D eigenvalue weighted by Crippen LogP contribution is -2.32. The number of carbonyl (C=O) groups is 1. The number of hydrogen-bond donors (Lipinski definition) is 2. The van der Waals surface area contributed by atoms with E-state index in [1.165, 1.54) is 0 Å². The van der Waals surface area contributed by atoms with Crippen molar-refractivity contribution >= 4 is 17.3 Å². The number of likely N-dealkylation sites (tertiary alicyclic amines) is 1. The molecule has 2 N–H and O–H groups in total. The number of rotatable bonds is 3. The van der Waals surface area contributed by atoms with Crippen molar-refractivity contribution < 1.29 is 4.79 Å². The summed E-state index contributed by atoms with van der Waals surface area (Å²) in [7, 11) is 0. The summed E-state index contributed by atoms with van der Waals surface area (Å²) >= 11 is 0. The van der Waals surface area contributed by atoms with Crippen molar-refractivity contribution in [1.29, 1.82) is 0 Å². The van der Waals surface area contributed by atoms with Crippen LogP contribution in [0.3, 0.4) is 0 Å². The van der Waals surface area contributed by atoms with Crippen molar-refractivity contribution in [1.82, 2.24) is 4.90 Å². The molecule has 0 saturated carbocycles. The maximum atomic E-state index is 12.7.